The third-order valence-corrected chi connectivity index (χ3v) is 8.77. The van der Waals surface area contributed by atoms with Crippen molar-refractivity contribution >= 4 is 39.3 Å². The van der Waals surface area contributed by atoms with Gasteiger partial charge in [0, 0.05) is 46.6 Å². The first-order chi connectivity index (χ1) is 15.2. The highest BCUT2D eigenvalue weighted by molar-refractivity contribution is 7.67. The average molecular weight is 492 g/mol. The molecule has 0 aliphatic rings. The number of aromatic nitrogens is 1. The Labute approximate surface area is 186 Å². The van der Waals surface area contributed by atoms with Crippen LogP contribution in [-0.2, 0) is 18.1 Å². The summed E-state index contributed by atoms with van der Waals surface area (Å²) in [4.78, 5) is 26.3. The summed E-state index contributed by atoms with van der Waals surface area (Å²) in [6.07, 6.45) is 1.67. The van der Waals surface area contributed by atoms with E-state index in [2.05, 4.69) is 10.3 Å². The molecular formula is C19H27FN2O8P2. The molecule has 4 N–H and O–H groups in total. The normalized spacial score (nSPS) is 12.2. The molecule has 2 rings (SSSR count). The van der Waals surface area contributed by atoms with Crippen molar-refractivity contribution in [3.63, 3.8) is 0 Å². The Hall–Kier alpha value is -1.71. The molecule has 0 saturated heterocycles. The van der Waals surface area contributed by atoms with Gasteiger partial charge in [0.05, 0.1) is 11.2 Å². The molecule has 0 aliphatic carbocycles. The topological polar surface area (TPSA) is 139 Å². The number of pyridine rings is 1. The van der Waals surface area contributed by atoms with Crippen LogP contribution in [0.3, 0.4) is 0 Å². The Bertz CT molecular complexity index is 999. The summed E-state index contributed by atoms with van der Waals surface area (Å²) in [6, 6.07) is 1.01. The number of aromatic amines is 1. The lowest BCUT2D eigenvalue weighted by Crippen LogP contribution is -2.27. The summed E-state index contributed by atoms with van der Waals surface area (Å²) in [6.45, 7) is 1.89. The van der Waals surface area contributed by atoms with Crippen LogP contribution in [0.15, 0.2) is 17.1 Å². The largest absolute Gasteiger partial charge is 0.477 e. The van der Waals surface area contributed by atoms with Crippen molar-refractivity contribution in [2.45, 2.75) is 24.8 Å². The molecule has 2 aromatic rings. The number of carbonyl (C=O) groups is 1. The van der Waals surface area contributed by atoms with E-state index in [9.17, 15) is 19.1 Å². The molecule has 1 aromatic carbocycles. The number of hydrogen-bond donors (Lipinski definition) is 4. The number of aryl methyl sites for hydroxylation is 1. The number of aromatic carboxylic acids is 1. The smallest absolute Gasteiger partial charge is 0.341 e. The molecule has 0 fully saturated rings. The Kier molecular flexibility index (Phi) is 9.48. The molecule has 13 heteroatoms. The summed E-state index contributed by atoms with van der Waals surface area (Å²) in [5.41, 5.74) is -0.288. The van der Waals surface area contributed by atoms with Crippen LogP contribution in [-0.4, -0.2) is 61.2 Å². The number of carboxylic acids is 1. The fraction of sp³-hybridized carbons (Fsp3) is 0.474. The van der Waals surface area contributed by atoms with E-state index >= 15 is 0 Å². The van der Waals surface area contributed by atoms with Crippen LogP contribution in [0.1, 0.15) is 28.8 Å². The molecule has 0 bridgehead atoms. The van der Waals surface area contributed by atoms with Gasteiger partial charge in [0.1, 0.15) is 11.4 Å². The number of benzene rings is 1. The molecule has 10 nitrogen and oxygen atoms in total. The number of fused-ring (bicyclic) bond motifs is 1. The molecule has 0 amide bonds. The van der Waals surface area contributed by atoms with Gasteiger partial charge in [-0.3, -0.25) is 4.79 Å². The highest BCUT2D eigenvalue weighted by Crippen LogP contribution is 2.68. The van der Waals surface area contributed by atoms with E-state index in [0.29, 0.717) is 17.5 Å². The molecule has 178 valence electrons. The van der Waals surface area contributed by atoms with Gasteiger partial charge < -0.3 is 38.6 Å². The fourth-order valence-corrected chi connectivity index (χ4v) is 7.06. The van der Waals surface area contributed by atoms with Crippen LogP contribution < -0.4 is 10.7 Å². The lowest BCUT2D eigenvalue weighted by Gasteiger charge is -2.36. The van der Waals surface area contributed by atoms with E-state index in [1.165, 1.54) is 28.4 Å². The number of nitrogens with one attached hydrogen (secondary N) is 2. The van der Waals surface area contributed by atoms with E-state index in [4.69, 9.17) is 23.2 Å². The summed E-state index contributed by atoms with van der Waals surface area (Å²) >= 11 is 0. The number of halogens is 1. The minimum absolute atomic E-state index is 0.0449. The van der Waals surface area contributed by atoms with Gasteiger partial charge in [0.25, 0.3) is 0 Å². The predicted octanol–water partition coefficient (Wildman–Crippen LogP) is 3.72. The van der Waals surface area contributed by atoms with Gasteiger partial charge in [-0.15, -0.1) is 0 Å². The molecule has 0 atom stereocenters. The van der Waals surface area contributed by atoms with E-state index in [-0.39, 0.29) is 24.0 Å². The molecule has 0 radical (unpaired) electrons. The molecule has 1 heterocycles. The van der Waals surface area contributed by atoms with Crippen molar-refractivity contribution in [2.75, 3.05) is 40.3 Å². The lowest BCUT2D eigenvalue weighted by molar-refractivity contribution is 0.0695. The number of anilines is 1. The number of carboxylic acid groups (broad SMARTS) is 1. The van der Waals surface area contributed by atoms with Crippen molar-refractivity contribution < 1.29 is 37.5 Å². The van der Waals surface area contributed by atoms with Gasteiger partial charge in [-0.05, 0) is 31.4 Å². The van der Waals surface area contributed by atoms with E-state index in [1.807, 2.05) is 0 Å². The molecule has 0 aliphatic heterocycles. The number of aliphatic hydroxyl groups is 1. The predicted molar refractivity (Wildman–Crippen MR) is 121 cm³/mol. The molecule has 0 spiro atoms. The van der Waals surface area contributed by atoms with Gasteiger partial charge in [0.15, 0.2) is 0 Å². The number of H-pyrrole nitrogens is 1. The fourth-order valence-electron chi connectivity index (χ4n) is 3.40. The quantitative estimate of drug-likeness (QED) is 0.258. The molecule has 1 aromatic heterocycles. The summed E-state index contributed by atoms with van der Waals surface area (Å²) in [7, 11) is 2.22. The van der Waals surface area contributed by atoms with Crippen molar-refractivity contribution in [3.05, 3.63) is 39.4 Å². The van der Waals surface area contributed by atoms with Crippen LogP contribution >= 0.6 is 16.8 Å². The number of rotatable bonds is 12. The second-order valence-electron chi connectivity index (χ2n) is 6.67. The van der Waals surface area contributed by atoms with Crippen molar-refractivity contribution in [1.82, 2.24) is 4.98 Å². The minimum Gasteiger partial charge on any atom is -0.477 e. The zero-order valence-corrected chi connectivity index (χ0v) is 20.2. The minimum atomic E-state index is -1.73. The van der Waals surface area contributed by atoms with Gasteiger partial charge in [-0.25, -0.2) is 9.18 Å². The van der Waals surface area contributed by atoms with E-state index < -0.39 is 44.6 Å². The summed E-state index contributed by atoms with van der Waals surface area (Å²) in [5.74, 6) is -2.08. The highest BCUT2D eigenvalue weighted by atomic mass is 31.2. The van der Waals surface area contributed by atoms with Crippen LogP contribution in [0.2, 0.25) is 0 Å². The van der Waals surface area contributed by atoms with E-state index in [0.717, 1.165) is 12.3 Å². The van der Waals surface area contributed by atoms with Crippen molar-refractivity contribution in [1.29, 1.82) is 0 Å². The lowest BCUT2D eigenvalue weighted by atomic mass is 10.1. The maximum absolute atomic E-state index is 14.7. The van der Waals surface area contributed by atoms with Crippen molar-refractivity contribution in [2.24, 2.45) is 0 Å². The molecule has 0 unspecified atom stereocenters. The monoisotopic (exact) mass is 492 g/mol. The highest BCUT2D eigenvalue weighted by Gasteiger charge is 2.48. The van der Waals surface area contributed by atoms with Gasteiger partial charge in [-0.2, -0.15) is 0 Å². The molecule has 32 heavy (non-hydrogen) atoms. The molecule has 0 saturated carbocycles. The number of hydrogen-bond acceptors (Lipinski definition) is 8. The first kappa shape index (κ1) is 26.5. The summed E-state index contributed by atoms with van der Waals surface area (Å²) in [5, 5.41) is 21.7. The van der Waals surface area contributed by atoms with E-state index in [1.54, 1.807) is 6.92 Å². The maximum atomic E-state index is 14.7. The van der Waals surface area contributed by atoms with Crippen LogP contribution in [0.4, 0.5) is 10.1 Å². The zero-order chi connectivity index (χ0) is 24.1. The second-order valence-corrected chi connectivity index (χ2v) is 11.0. The van der Waals surface area contributed by atoms with Crippen LogP contribution in [0.5, 0.6) is 0 Å². The Morgan fingerprint density at radius 2 is 1.75 bits per heavy atom. The third kappa shape index (κ3) is 5.26. The standard InChI is InChI=1S/C19H27FN2O8P2/c1-11-15-12(17(23)13(10-22-15)18(24)25)9-14(20)16(11)21-8-6-7-19(26,31(27-2)28-3)32(29-4)30-5/h9-10,21,26H,6-8H2,1-5H3,(H,22,23)(H,24,25). The first-order valence-electron chi connectivity index (χ1n) is 9.47. The van der Waals surface area contributed by atoms with Gasteiger partial charge in [0.2, 0.25) is 27.3 Å². The maximum Gasteiger partial charge on any atom is 0.341 e. The van der Waals surface area contributed by atoms with Crippen molar-refractivity contribution in [3.8, 4) is 0 Å². The molecular weight excluding hydrogens is 465 g/mol. The summed E-state index contributed by atoms with van der Waals surface area (Å²) < 4.78 is 35.9. The average Bonchev–Trinajstić information content (AvgIpc) is 2.75. The Balaban J connectivity index is 2.23. The first-order valence-corrected chi connectivity index (χ1v) is 11.8. The SMILES string of the molecule is COP(OC)C(O)(CCCNc1c(F)cc2c(=O)c(C(=O)O)c[nH]c2c1C)P(OC)OC. The van der Waals surface area contributed by atoms with Gasteiger partial charge in [-0.1, -0.05) is 0 Å². The zero-order valence-electron chi connectivity index (χ0n) is 18.4. The Morgan fingerprint density at radius 3 is 2.25 bits per heavy atom. The Morgan fingerprint density at radius 1 is 1.19 bits per heavy atom. The second kappa shape index (κ2) is 11.4. The van der Waals surface area contributed by atoms with Crippen LogP contribution in [0, 0.1) is 12.7 Å². The van der Waals surface area contributed by atoms with Crippen LogP contribution in [0.25, 0.3) is 10.9 Å². The van der Waals surface area contributed by atoms with Gasteiger partial charge >= 0.3 is 5.97 Å². The third-order valence-electron chi connectivity index (χ3n) is 4.85.